The van der Waals surface area contributed by atoms with Gasteiger partial charge >= 0.3 is 0 Å². The number of hydrogen-bond acceptors (Lipinski definition) is 5. The number of piperazine rings is 1. The summed E-state index contributed by atoms with van der Waals surface area (Å²) < 4.78 is 1.72. The van der Waals surface area contributed by atoms with Crippen LogP contribution in [-0.2, 0) is 0 Å². The molecule has 1 aromatic carbocycles. The fourth-order valence-corrected chi connectivity index (χ4v) is 3.81. The molecular weight excluding hydrogens is 376 g/mol. The van der Waals surface area contributed by atoms with Gasteiger partial charge in [0, 0.05) is 31.2 Å². The van der Waals surface area contributed by atoms with Crippen LogP contribution in [0.15, 0.2) is 24.3 Å². The summed E-state index contributed by atoms with van der Waals surface area (Å²) in [5.74, 6) is -0.0798. The zero-order valence-corrected chi connectivity index (χ0v) is 17.1. The predicted octanol–water partition coefficient (Wildman–Crippen LogP) is 2.84. The number of carbonyl (C=O) groups is 1. The van der Waals surface area contributed by atoms with Gasteiger partial charge in [-0.1, -0.05) is 30.7 Å². The third kappa shape index (κ3) is 3.25. The Morgan fingerprint density at radius 1 is 1.07 bits per heavy atom. The minimum atomic E-state index is -0.0798. The second kappa shape index (κ2) is 7.48. The molecule has 1 amide bonds. The quantitative estimate of drug-likeness (QED) is 0.678. The lowest BCUT2D eigenvalue weighted by Gasteiger charge is -2.33. The summed E-state index contributed by atoms with van der Waals surface area (Å²) in [6, 6.07) is 7.56. The highest BCUT2D eigenvalue weighted by Crippen LogP contribution is 2.28. The topological polar surface area (TPSA) is 66.6 Å². The van der Waals surface area contributed by atoms with Crippen molar-refractivity contribution < 1.29 is 4.79 Å². The van der Waals surface area contributed by atoms with Crippen LogP contribution in [0.1, 0.15) is 28.8 Å². The number of fused-ring (bicyclic) bond motifs is 1. The van der Waals surface area contributed by atoms with Gasteiger partial charge in [-0.25, -0.2) is 4.52 Å². The number of nitrogens with zero attached hydrogens (tertiary/aromatic N) is 6. The van der Waals surface area contributed by atoms with Crippen molar-refractivity contribution in [3.05, 3.63) is 46.4 Å². The lowest BCUT2D eigenvalue weighted by Crippen LogP contribution is -2.48. The Labute approximate surface area is 168 Å². The average molecular weight is 399 g/mol. The van der Waals surface area contributed by atoms with Gasteiger partial charge in [-0.05, 0) is 38.1 Å². The zero-order chi connectivity index (χ0) is 19.8. The first-order valence-corrected chi connectivity index (χ1v) is 9.87. The molecule has 1 aliphatic rings. The van der Waals surface area contributed by atoms with E-state index >= 15 is 0 Å². The van der Waals surface area contributed by atoms with E-state index in [9.17, 15) is 4.79 Å². The molecular formula is C20H23ClN6O. The van der Waals surface area contributed by atoms with Crippen LogP contribution in [0, 0.1) is 13.8 Å². The normalized spacial score (nSPS) is 15.4. The van der Waals surface area contributed by atoms with Crippen LogP contribution in [0.4, 0.5) is 0 Å². The Morgan fingerprint density at radius 2 is 1.75 bits per heavy atom. The molecule has 146 valence electrons. The van der Waals surface area contributed by atoms with Gasteiger partial charge in [0.05, 0.1) is 17.0 Å². The van der Waals surface area contributed by atoms with E-state index in [2.05, 4.69) is 27.1 Å². The third-order valence-corrected chi connectivity index (χ3v) is 5.64. The number of aromatic nitrogens is 4. The number of halogens is 1. The minimum absolute atomic E-state index is 0.0798. The van der Waals surface area contributed by atoms with Crippen molar-refractivity contribution in [3.63, 3.8) is 0 Å². The van der Waals surface area contributed by atoms with E-state index in [0.29, 0.717) is 35.1 Å². The summed E-state index contributed by atoms with van der Waals surface area (Å²) in [6.45, 7) is 10.1. The molecule has 4 rings (SSSR count). The number of hydrogen-bond donors (Lipinski definition) is 0. The summed E-state index contributed by atoms with van der Waals surface area (Å²) in [4.78, 5) is 17.2. The first-order valence-electron chi connectivity index (χ1n) is 9.49. The van der Waals surface area contributed by atoms with Crippen LogP contribution in [-0.4, -0.2) is 68.2 Å². The fourth-order valence-electron chi connectivity index (χ4n) is 3.68. The van der Waals surface area contributed by atoms with Gasteiger partial charge in [-0.2, -0.15) is 5.10 Å². The van der Waals surface area contributed by atoms with Crippen molar-refractivity contribution in [2.24, 2.45) is 0 Å². The molecule has 8 heteroatoms. The minimum Gasteiger partial charge on any atom is -0.335 e. The van der Waals surface area contributed by atoms with Gasteiger partial charge in [0.15, 0.2) is 11.3 Å². The van der Waals surface area contributed by atoms with E-state index in [1.807, 2.05) is 43.0 Å². The lowest BCUT2D eigenvalue weighted by atomic mass is 10.1. The maximum Gasteiger partial charge on any atom is 0.276 e. The van der Waals surface area contributed by atoms with Crippen LogP contribution in [0.3, 0.4) is 0 Å². The monoisotopic (exact) mass is 398 g/mol. The van der Waals surface area contributed by atoms with Gasteiger partial charge in [0.2, 0.25) is 0 Å². The van der Waals surface area contributed by atoms with E-state index in [1.54, 1.807) is 4.52 Å². The molecule has 0 atom stereocenters. The number of amides is 1. The Kier molecular flexibility index (Phi) is 5.03. The first-order chi connectivity index (χ1) is 13.5. The average Bonchev–Trinajstić information content (AvgIpc) is 3.05. The largest absolute Gasteiger partial charge is 0.335 e. The molecule has 0 unspecified atom stereocenters. The van der Waals surface area contributed by atoms with Crippen LogP contribution < -0.4 is 0 Å². The van der Waals surface area contributed by atoms with E-state index < -0.39 is 0 Å². The number of benzene rings is 1. The Balaban J connectivity index is 1.70. The summed E-state index contributed by atoms with van der Waals surface area (Å²) in [5.41, 5.74) is 4.42. The molecule has 1 aliphatic heterocycles. The van der Waals surface area contributed by atoms with Crippen LogP contribution in [0.2, 0.25) is 5.02 Å². The zero-order valence-electron chi connectivity index (χ0n) is 16.3. The summed E-state index contributed by atoms with van der Waals surface area (Å²) >= 11 is 6.01. The molecule has 0 spiro atoms. The first kappa shape index (κ1) is 18.8. The molecule has 28 heavy (non-hydrogen) atoms. The Hall–Kier alpha value is -2.51. The van der Waals surface area contributed by atoms with Gasteiger partial charge in [0.25, 0.3) is 5.91 Å². The fraction of sp³-hybridized carbons (Fsp3) is 0.400. The number of aryl methyl sites for hydroxylation is 2. The number of likely N-dealkylation sites (N-methyl/N-ethyl adjacent to an activating group) is 1. The summed E-state index contributed by atoms with van der Waals surface area (Å²) in [6.07, 6.45) is 0. The highest BCUT2D eigenvalue weighted by molar-refractivity contribution is 6.30. The third-order valence-electron chi connectivity index (χ3n) is 5.38. The second-order valence-electron chi connectivity index (χ2n) is 7.06. The van der Waals surface area contributed by atoms with E-state index in [4.69, 9.17) is 11.6 Å². The SMILES string of the molecule is CCN1CCN(C(=O)c2nnc3c(-c4ccc(Cl)cc4)c(C)nn3c2C)CC1. The summed E-state index contributed by atoms with van der Waals surface area (Å²) in [5, 5.41) is 14.0. The molecule has 0 aliphatic carbocycles. The molecule has 1 fully saturated rings. The molecule has 0 radical (unpaired) electrons. The van der Waals surface area contributed by atoms with Gasteiger partial charge in [-0.3, -0.25) is 4.79 Å². The van der Waals surface area contributed by atoms with E-state index in [0.717, 1.165) is 36.5 Å². The standard InChI is InChI=1S/C20H23ClN6O/c1-4-25-9-11-26(12-10-25)20(28)18-14(3)27-19(23-22-18)17(13(2)24-27)15-5-7-16(21)8-6-15/h5-8H,4,9-12H2,1-3H3. The highest BCUT2D eigenvalue weighted by Gasteiger charge is 2.26. The van der Waals surface area contributed by atoms with Crippen molar-refractivity contribution in [3.8, 4) is 11.1 Å². The van der Waals surface area contributed by atoms with Crippen molar-refractivity contribution in [2.75, 3.05) is 32.7 Å². The lowest BCUT2D eigenvalue weighted by molar-refractivity contribution is 0.0634. The Bertz CT molecular complexity index is 1020. The maximum atomic E-state index is 13.0. The number of rotatable bonds is 3. The van der Waals surface area contributed by atoms with Crippen LogP contribution >= 0.6 is 11.6 Å². The molecule has 3 heterocycles. The van der Waals surface area contributed by atoms with Gasteiger partial charge in [0.1, 0.15) is 0 Å². The predicted molar refractivity (Wildman–Crippen MR) is 109 cm³/mol. The maximum absolute atomic E-state index is 13.0. The molecule has 0 bridgehead atoms. The van der Waals surface area contributed by atoms with Crippen molar-refractivity contribution in [1.82, 2.24) is 29.6 Å². The Morgan fingerprint density at radius 3 is 2.39 bits per heavy atom. The highest BCUT2D eigenvalue weighted by atomic mass is 35.5. The van der Waals surface area contributed by atoms with Crippen molar-refractivity contribution >= 4 is 23.2 Å². The molecule has 7 nitrogen and oxygen atoms in total. The van der Waals surface area contributed by atoms with Crippen LogP contribution in [0.5, 0.6) is 0 Å². The molecule has 0 N–H and O–H groups in total. The van der Waals surface area contributed by atoms with E-state index in [-0.39, 0.29) is 5.91 Å². The van der Waals surface area contributed by atoms with E-state index in [1.165, 1.54) is 0 Å². The molecule has 1 saturated heterocycles. The van der Waals surface area contributed by atoms with Gasteiger partial charge in [-0.15, -0.1) is 10.2 Å². The van der Waals surface area contributed by atoms with Crippen molar-refractivity contribution in [2.45, 2.75) is 20.8 Å². The molecule has 2 aromatic heterocycles. The van der Waals surface area contributed by atoms with Crippen molar-refractivity contribution in [1.29, 1.82) is 0 Å². The smallest absolute Gasteiger partial charge is 0.276 e. The van der Waals surface area contributed by atoms with Gasteiger partial charge < -0.3 is 9.80 Å². The number of carbonyl (C=O) groups excluding carboxylic acids is 1. The summed E-state index contributed by atoms with van der Waals surface area (Å²) in [7, 11) is 0. The molecule has 3 aromatic rings. The second-order valence-corrected chi connectivity index (χ2v) is 7.50. The van der Waals surface area contributed by atoms with Crippen LogP contribution in [0.25, 0.3) is 16.8 Å². The molecule has 0 saturated carbocycles.